The molecule has 26 heavy (non-hydrogen) atoms. The van der Waals surface area contributed by atoms with Crippen LogP contribution in [0.1, 0.15) is 23.7 Å². The summed E-state index contributed by atoms with van der Waals surface area (Å²) < 4.78 is 26.7. The highest BCUT2D eigenvalue weighted by molar-refractivity contribution is 8.00. The molecule has 0 spiro atoms. The lowest BCUT2D eigenvalue weighted by Crippen LogP contribution is -2.47. The van der Waals surface area contributed by atoms with Crippen LogP contribution in [-0.2, 0) is 4.79 Å². The molecule has 2 aromatic rings. The summed E-state index contributed by atoms with van der Waals surface area (Å²) in [5, 5.41) is -0.517. The molecule has 0 saturated carbocycles. The lowest BCUT2D eigenvalue weighted by Gasteiger charge is -2.33. The zero-order valence-electron chi connectivity index (χ0n) is 14.1. The van der Waals surface area contributed by atoms with E-state index in [1.165, 1.54) is 17.8 Å². The first-order chi connectivity index (χ1) is 12.0. The van der Waals surface area contributed by atoms with E-state index >= 15 is 0 Å². The number of likely N-dealkylation sites (tertiary alicyclic amines) is 1. The summed E-state index contributed by atoms with van der Waals surface area (Å²) >= 11 is 1.23. The van der Waals surface area contributed by atoms with E-state index in [2.05, 4.69) is 0 Å². The highest BCUT2D eigenvalue weighted by atomic mass is 35.5. The minimum Gasteiger partial charge on any atom is -0.340 e. The molecule has 0 bridgehead atoms. The Morgan fingerprint density at radius 3 is 2.54 bits per heavy atom. The number of amides is 1. The molecule has 2 aromatic carbocycles. The van der Waals surface area contributed by atoms with Gasteiger partial charge in [0.25, 0.3) is 0 Å². The predicted molar refractivity (Wildman–Crippen MR) is 102 cm³/mol. The third-order valence-corrected chi connectivity index (χ3v) is 5.48. The van der Waals surface area contributed by atoms with Crippen molar-refractivity contribution in [3.63, 3.8) is 0 Å². The van der Waals surface area contributed by atoms with Crippen molar-refractivity contribution in [3.8, 4) is 0 Å². The number of thioether (sulfide) groups is 1. The summed E-state index contributed by atoms with van der Waals surface area (Å²) in [4.78, 5) is 15.4. The second kappa shape index (κ2) is 9.35. The lowest BCUT2D eigenvalue weighted by molar-refractivity contribution is -0.131. The molecule has 0 aromatic heterocycles. The smallest absolute Gasteiger partial charge is 0.240 e. The van der Waals surface area contributed by atoms with Gasteiger partial charge in [-0.2, -0.15) is 0 Å². The van der Waals surface area contributed by atoms with Crippen LogP contribution >= 0.6 is 24.2 Å². The van der Waals surface area contributed by atoms with Crippen molar-refractivity contribution in [1.82, 2.24) is 4.90 Å². The average molecular weight is 399 g/mol. The Hall–Kier alpha value is -1.63. The van der Waals surface area contributed by atoms with Gasteiger partial charge in [0.1, 0.15) is 5.25 Å². The van der Waals surface area contributed by atoms with E-state index in [4.69, 9.17) is 5.73 Å². The van der Waals surface area contributed by atoms with E-state index in [0.29, 0.717) is 18.0 Å². The maximum absolute atomic E-state index is 13.5. The number of piperidine rings is 1. The average Bonchev–Trinajstić information content (AvgIpc) is 2.63. The number of hydrogen-bond acceptors (Lipinski definition) is 3. The number of halogens is 3. The van der Waals surface area contributed by atoms with E-state index in [-0.39, 0.29) is 24.4 Å². The third-order valence-electron chi connectivity index (χ3n) is 4.24. The van der Waals surface area contributed by atoms with Gasteiger partial charge >= 0.3 is 0 Å². The first-order valence-electron chi connectivity index (χ1n) is 8.25. The predicted octanol–water partition coefficient (Wildman–Crippen LogP) is 4.17. The molecule has 7 heteroatoms. The first kappa shape index (κ1) is 20.7. The van der Waals surface area contributed by atoms with Crippen molar-refractivity contribution < 1.29 is 13.6 Å². The molecule has 140 valence electrons. The van der Waals surface area contributed by atoms with Gasteiger partial charge in [-0.3, -0.25) is 4.79 Å². The zero-order valence-corrected chi connectivity index (χ0v) is 15.7. The van der Waals surface area contributed by atoms with E-state index in [9.17, 15) is 13.6 Å². The number of carbonyl (C=O) groups excluding carboxylic acids is 1. The molecule has 2 N–H and O–H groups in total. The fourth-order valence-corrected chi connectivity index (χ4v) is 4.08. The molecule has 1 fully saturated rings. The molecule has 1 amide bonds. The van der Waals surface area contributed by atoms with E-state index in [0.717, 1.165) is 30.5 Å². The van der Waals surface area contributed by atoms with Crippen molar-refractivity contribution in [2.24, 2.45) is 5.73 Å². The van der Waals surface area contributed by atoms with Crippen molar-refractivity contribution in [3.05, 3.63) is 65.7 Å². The van der Waals surface area contributed by atoms with Gasteiger partial charge in [-0.15, -0.1) is 24.2 Å². The molecule has 1 aliphatic heterocycles. The Morgan fingerprint density at radius 1 is 1.15 bits per heavy atom. The van der Waals surface area contributed by atoms with E-state index < -0.39 is 16.9 Å². The van der Waals surface area contributed by atoms with Crippen LogP contribution in [0.15, 0.2) is 53.4 Å². The van der Waals surface area contributed by atoms with Gasteiger partial charge in [-0.1, -0.05) is 30.3 Å². The minimum atomic E-state index is -0.913. The summed E-state index contributed by atoms with van der Waals surface area (Å²) in [6.07, 6.45) is 1.79. The standard InChI is InChI=1S/C19H20F2N2OS.ClH/c20-16-9-8-15(11-17(16)21)25-18(13-5-2-1-3-6-13)19(24)23-10-4-7-14(22)12-23;/h1-3,5-6,8-9,11,14,18H,4,7,10,12,22H2;1H. The third kappa shape index (κ3) is 4.96. The van der Waals surface area contributed by atoms with Gasteiger partial charge in [-0.05, 0) is 36.6 Å². The zero-order chi connectivity index (χ0) is 17.8. The number of rotatable bonds is 4. The quantitative estimate of drug-likeness (QED) is 0.786. The van der Waals surface area contributed by atoms with Gasteiger partial charge < -0.3 is 10.6 Å². The van der Waals surface area contributed by atoms with Crippen LogP contribution in [0.3, 0.4) is 0 Å². The molecule has 3 nitrogen and oxygen atoms in total. The maximum Gasteiger partial charge on any atom is 0.240 e. The maximum atomic E-state index is 13.5. The SMILES string of the molecule is Cl.NC1CCCN(C(=O)C(Sc2ccc(F)c(F)c2)c2ccccc2)C1. The van der Waals surface area contributed by atoms with Crippen molar-refractivity contribution >= 4 is 30.1 Å². The molecular formula is C19H21ClF2N2OS. The Bertz CT molecular complexity index is 748. The molecule has 1 aliphatic rings. The van der Waals surface area contributed by atoms with Gasteiger partial charge in [0.05, 0.1) is 0 Å². The summed E-state index contributed by atoms with van der Waals surface area (Å²) in [7, 11) is 0. The van der Waals surface area contributed by atoms with Crippen LogP contribution in [0.25, 0.3) is 0 Å². The molecular weight excluding hydrogens is 378 g/mol. The molecule has 2 atom stereocenters. The molecule has 0 aliphatic carbocycles. The normalized spacial score (nSPS) is 18.1. The Morgan fingerprint density at radius 2 is 1.88 bits per heavy atom. The molecule has 0 radical (unpaired) electrons. The Labute approximate surface area is 162 Å². The van der Waals surface area contributed by atoms with Crippen molar-refractivity contribution in [2.45, 2.75) is 29.0 Å². The summed E-state index contributed by atoms with van der Waals surface area (Å²) in [6.45, 7) is 1.20. The van der Waals surface area contributed by atoms with E-state index in [1.807, 2.05) is 30.3 Å². The topological polar surface area (TPSA) is 46.3 Å². The number of hydrogen-bond donors (Lipinski definition) is 1. The van der Waals surface area contributed by atoms with Gasteiger partial charge in [0, 0.05) is 24.0 Å². The molecule has 1 heterocycles. The summed E-state index contributed by atoms with van der Waals surface area (Å²) in [5.41, 5.74) is 6.83. The Balaban J connectivity index is 0.00000243. The highest BCUT2D eigenvalue weighted by Crippen LogP contribution is 2.37. The van der Waals surface area contributed by atoms with Crippen molar-refractivity contribution in [1.29, 1.82) is 0 Å². The second-order valence-corrected chi connectivity index (χ2v) is 7.35. The number of nitrogens with zero attached hydrogens (tertiary/aromatic N) is 1. The van der Waals surface area contributed by atoms with Gasteiger partial charge in [0.2, 0.25) is 5.91 Å². The Kier molecular flexibility index (Phi) is 7.43. The first-order valence-corrected chi connectivity index (χ1v) is 9.13. The van der Waals surface area contributed by atoms with Gasteiger partial charge in [-0.25, -0.2) is 8.78 Å². The largest absolute Gasteiger partial charge is 0.340 e. The van der Waals surface area contributed by atoms with Crippen LogP contribution in [0, 0.1) is 11.6 Å². The van der Waals surface area contributed by atoms with Crippen LogP contribution in [0.2, 0.25) is 0 Å². The fraction of sp³-hybridized carbons (Fsp3) is 0.316. The van der Waals surface area contributed by atoms with Crippen LogP contribution < -0.4 is 5.73 Å². The summed E-state index contributed by atoms with van der Waals surface area (Å²) in [6, 6.07) is 13.1. The van der Waals surface area contributed by atoms with Crippen LogP contribution in [-0.4, -0.2) is 29.9 Å². The highest BCUT2D eigenvalue weighted by Gasteiger charge is 2.29. The number of benzene rings is 2. The fourth-order valence-electron chi connectivity index (χ4n) is 2.95. The molecule has 3 rings (SSSR count). The van der Waals surface area contributed by atoms with Crippen molar-refractivity contribution in [2.75, 3.05) is 13.1 Å². The minimum absolute atomic E-state index is 0. The summed E-state index contributed by atoms with van der Waals surface area (Å²) in [5.74, 6) is -1.85. The number of carbonyl (C=O) groups is 1. The van der Waals surface area contributed by atoms with Gasteiger partial charge in [0.15, 0.2) is 11.6 Å². The number of nitrogens with two attached hydrogens (primary N) is 1. The monoisotopic (exact) mass is 398 g/mol. The second-order valence-electron chi connectivity index (χ2n) is 6.17. The van der Waals surface area contributed by atoms with Crippen LogP contribution in [0.4, 0.5) is 8.78 Å². The molecule has 2 unspecified atom stereocenters. The van der Waals surface area contributed by atoms with E-state index in [1.54, 1.807) is 4.90 Å². The van der Waals surface area contributed by atoms with Crippen LogP contribution in [0.5, 0.6) is 0 Å². The lowest BCUT2D eigenvalue weighted by atomic mass is 10.0. The molecule has 1 saturated heterocycles.